The van der Waals surface area contributed by atoms with Crippen molar-refractivity contribution in [1.29, 1.82) is 0 Å². The fourth-order valence-corrected chi connectivity index (χ4v) is 6.31. The predicted octanol–water partition coefficient (Wildman–Crippen LogP) is 4.93. The molecule has 3 aromatic carbocycles. The largest absolute Gasteiger partial charge is 0.480 e. The minimum absolute atomic E-state index is 0.0702. The molecule has 0 radical (unpaired) electrons. The fourth-order valence-electron chi connectivity index (χ4n) is 6.31. The maximum atomic E-state index is 13.6. The van der Waals surface area contributed by atoms with Crippen LogP contribution >= 0.6 is 0 Å². The van der Waals surface area contributed by atoms with Crippen LogP contribution in [0.5, 0.6) is 0 Å². The Morgan fingerprint density at radius 3 is 2.41 bits per heavy atom. The lowest BCUT2D eigenvalue weighted by Crippen LogP contribution is -2.40. The zero-order valence-corrected chi connectivity index (χ0v) is 19.4. The molecule has 1 aromatic heterocycles. The van der Waals surface area contributed by atoms with Crippen LogP contribution in [0.25, 0.3) is 21.8 Å². The third-order valence-corrected chi connectivity index (χ3v) is 7.90. The summed E-state index contributed by atoms with van der Waals surface area (Å²) in [5, 5.41) is 12.5. The first-order valence-corrected chi connectivity index (χ1v) is 12.3. The van der Waals surface area contributed by atoms with Gasteiger partial charge in [0.15, 0.2) is 0 Å². The molecule has 4 aromatic rings. The molecule has 1 aliphatic heterocycles. The van der Waals surface area contributed by atoms with Gasteiger partial charge in [-0.1, -0.05) is 55.5 Å². The second-order valence-electron chi connectivity index (χ2n) is 9.62. The topological polar surface area (TPSA) is 67.5 Å². The first-order valence-electron chi connectivity index (χ1n) is 12.3. The number of aromatic nitrogens is 2. The van der Waals surface area contributed by atoms with Crippen molar-refractivity contribution in [2.24, 2.45) is 0 Å². The van der Waals surface area contributed by atoms with Crippen molar-refractivity contribution in [3.63, 3.8) is 0 Å². The molecule has 34 heavy (non-hydrogen) atoms. The van der Waals surface area contributed by atoms with Crippen LogP contribution in [0, 0.1) is 0 Å². The molecule has 1 aliphatic carbocycles. The van der Waals surface area contributed by atoms with E-state index in [1.807, 2.05) is 35.8 Å². The van der Waals surface area contributed by atoms with Crippen molar-refractivity contribution in [2.45, 2.75) is 50.7 Å². The van der Waals surface area contributed by atoms with E-state index in [9.17, 15) is 14.7 Å². The number of aliphatic carboxylic acids is 1. The number of benzene rings is 3. The molecule has 1 saturated heterocycles. The van der Waals surface area contributed by atoms with Gasteiger partial charge in [0.1, 0.15) is 6.04 Å². The van der Waals surface area contributed by atoms with Crippen LogP contribution in [-0.2, 0) is 11.2 Å². The third-order valence-electron chi connectivity index (χ3n) is 7.90. The highest BCUT2D eigenvalue weighted by Gasteiger charge is 2.34. The number of likely N-dealkylation sites (tertiary alicyclic amines) is 1. The first-order chi connectivity index (χ1) is 16.6. The number of fused-ring (bicyclic) bond motifs is 1. The van der Waals surface area contributed by atoms with E-state index in [0.29, 0.717) is 18.0 Å². The monoisotopic (exact) mass is 455 g/mol. The van der Waals surface area contributed by atoms with E-state index in [-0.39, 0.29) is 11.7 Å². The lowest BCUT2D eigenvalue weighted by molar-refractivity contribution is -0.141. The van der Waals surface area contributed by atoms with E-state index in [2.05, 4.69) is 41.3 Å². The molecule has 1 fully saturated rings. The van der Waals surface area contributed by atoms with E-state index < -0.39 is 12.0 Å². The Kier molecular flexibility index (Phi) is 5.06. The van der Waals surface area contributed by atoms with Gasteiger partial charge in [-0.2, -0.15) is 0 Å². The summed E-state index contributed by atoms with van der Waals surface area (Å²) in [6.07, 6.45) is 3.16. The van der Waals surface area contributed by atoms with E-state index in [0.717, 1.165) is 37.9 Å². The predicted molar refractivity (Wildman–Crippen MR) is 133 cm³/mol. The van der Waals surface area contributed by atoms with Gasteiger partial charge in [0.05, 0.1) is 11.0 Å². The Bertz CT molecular complexity index is 1450. The summed E-state index contributed by atoms with van der Waals surface area (Å²) in [5.74, 6) is -0.961. The Labute approximate surface area is 198 Å². The number of hydrogen-bond acceptors (Lipinski definition) is 3. The average molecular weight is 456 g/mol. The summed E-state index contributed by atoms with van der Waals surface area (Å²) < 4.78 is 3.35. The Morgan fingerprint density at radius 1 is 1.00 bits per heavy atom. The molecule has 0 amide bonds. The summed E-state index contributed by atoms with van der Waals surface area (Å²) in [7, 11) is 0. The van der Waals surface area contributed by atoms with Crippen molar-refractivity contribution >= 4 is 27.8 Å². The maximum absolute atomic E-state index is 13.6. The van der Waals surface area contributed by atoms with Crippen molar-refractivity contribution in [3.8, 4) is 0 Å². The molecule has 2 aliphatic rings. The number of carboxylic acid groups (broad SMARTS) is 1. The minimum Gasteiger partial charge on any atom is -0.480 e. The number of para-hydroxylation sites is 2. The van der Waals surface area contributed by atoms with E-state index in [1.165, 1.54) is 26.5 Å². The van der Waals surface area contributed by atoms with Crippen molar-refractivity contribution in [3.05, 3.63) is 82.3 Å². The number of carbonyl (C=O) groups is 1. The number of carboxylic acids is 1. The smallest absolute Gasteiger partial charge is 0.330 e. The Morgan fingerprint density at radius 2 is 1.71 bits per heavy atom. The Hall–Kier alpha value is -3.38. The summed E-state index contributed by atoms with van der Waals surface area (Å²) in [5.41, 5.74) is 4.20. The summed E-state index contributed by atoms with van der Waals surface area (Å²) in [6.45, 7) is 3.65. The number of piperidine rings is 1. The van der Waals surface area contributed by atoms with Gasteiger partial charge in [0.2, 0.25) is 0 Å². The molecule has 6 rings (SSSR count). The highest BCUT2D eigenvalue weighted by molar-refractivity contribution is 5.91. The van der Waals surface area contributed by atoms with Crippen LogP contribution in [0.15, 0.2) is 65.5 Å². The molecule has 0 saturated carbocycles. The highest BCUT2D eigenvalue weighted by atomic mass is 16.4. The SMILES string of the molecule is CC[C@H](C(=O)O)n1c(=O)n(C2CCN(C3Cc4cccc5cccc3c45)CC2)c2ccccc21. The second kappa shape index (κ2) is 8.13. The lowest BCUT2D eigenvalue weighted by atomic mass is 9.99. The molecule has 1 N–H and O–H groups in total. The third kappa shape index (κ3) is 3.12. The van der Waals surface area contributed by atoms with Crippen LogP contribution in [0.3, 0.4) is 0 Å². The van der Waals surface area contributed by atoms with Gasteiger partial charge in [-0.3, -0.25) is 14.0 Å². The van der Waals surface area contributed by atoms with Gasteiger partial charge in [-0.15, -0.1) is 0 Å². The maximum Gasteiger partial charge on any atom is 0.330 e. The van der Waals surface area contributed by atoms with Crippen LogP contribution < -0.4 is 5.69 Å². The van der Waals surface area contributed by atoms with Crippen LogP contribution in [0.2, 0.25) is 0 Å². The van der Waals surface area contributed by atoms with Crippen molar-refractivity contribution in [1.82, 2.24) is 14.0 Å². The summed E-state index contributed by atoms with van der Waals surface area (Å²) in [6, 6.07) is 20.4. The highest BCUT2D eigenvalue weighted by Crippen LogP contribution is 2.42. The van der Waals surface area contributed by atoms with E-state index in [1.54, 1.807) is 0 Å². The van der Waals surface area contributed by atoms with Crippen LogP contribution in [0.1, 0.15) is 55.4 Å². The number of rotatable bonds is 5. The standard InChI is InChI=1S/C28H29N3O3/c1-2-22(27(32)33)31-24-12-4-3-11-23(24)30(28(31)34)20-13-15-29(16-14-20)25-17-19-9-5-7-18-8-6-10-21(25)26(18)19/h3-12,20,22,25H,2,13-17H2,1H3,(H,32,33)/t22-,25?/m1/s1. The van der Waals surface area contributed by atoms with E-state index >= 15 is 0 Å². The van der Waals surface area contributed by atoms with Gasteiger partial charge < -0.3 is 5.11 Å². The van der Waals surface area contributed by atoms with Gasteiger partial charge in [-0.25, -0.2) is 9.59 Å². The minimum atomic E-state index is -0.961. The van der Waals surface area contributed by atoms with Crippen LogP contribution in [0.4, 0.5) is 0 Å². The lowest BCUT2D eigenvalue weighted by Gasteiger charge is -2.37. The van der Waals surface area contributed by atoms with Gasteiger partial charge >= 0.3 is 11.7 Å². The molecule has 2 heterocycles. The zero-order valence-electron chi connectivity index (χ0n) is 19.4. The first kappa shape index (κ1) is 21.2. The van der Waals surface area contributed by atoms with Crippen molar-refractivity contribution in [2.75, 3.05) is 13.1 Å². The number of imidazole rings is 1. The van der Waals surface area contributed by atoms with Gasteiger partial charge in [-0.05, 0) is 59.7 Å². The quantitative estimate of drug-likeness (QED) is 0.464. The zero-order chi connectivity index (χ0) is 23.4. The molecule has 6 heteroatoms. The molecule has 6 nitrogen and oxygen atoms in total. The average Bonchev–Trinajstić information content (AvgIpc) is 3.37. The molecular weight excluding hydrogens is 426 g/mol. The van der Waals surface area contributed by atoms with Crippen LogP contribution in [-0.4, -0.2) is 38.2 Å². The number of nitrogens with zero attached hydrogens (tertiary/aromatic N) is 3. The molecule has 0 spiro atoms. The molecule has 0 bridgehead atoms. The van der Waals surface area contributed by atoms with Gasteiger partial charge in [0, 0.05) is 25.2 Å². The molecule has 2 atom stereocenters. The number of hydrogen-bond donors (Lipinski definition) is 1. The molecule has 174 valence electrons. The summed E-state index contributed by atoms with van der Waals surface area (Å²) >= 11 is 0. The normalized spacial score (nSPS) is 19.7. The Balaban J connectivity index is 1.30. The second-order valence-corrected chi connectivity index (χ2v) is 9.62. The summed E-state index contributed by atoms with van der Waals surface area (Å²) in [4.78, 5) is 28.0. The van der Waals surface area contributed by atoms with Gasteiger partial charge in [0.25, 0.3) is 0 Å². The fraction of sp³-hybridized carbons (Fsp3) is 0.357. The molecular formula is C28H29N3O3. The molecule has 1 unspecified atom stereocenters. The van der Waals surface area contributed by atoms with E-state index in [4.69, 9.17) is 0 Å². The van der Waals surface area contributed by atoms with Crippen molar-refractivity contribution < 1.29 is 9.90 Å².